The zero-order valence-corrected chi connectivity index (χ0v) is 10.8. The van der Waals surface area contributed by atoms with E-state index >= 15 is 0 Å². The zero-order valence-electron chi connectivity index (χ0n) is 10.8. The molecule has 0 aromatic heterocycles. The molecule has 3 amide bonds. The topological polar surface area (TPSA) is 104 Å². The smallest absolute Gasteiger partial charge is 0.311 e. The van der Waals surface area contributed by atoms with E-state index in [1.54, 1.807) is 18.2 Å². The lowest BCUT2D eigenvalue weighted by atomic mass is 10.1. The monoisotopic (exact) mass is 277 g/mol. The minimum Gasteiger partial charge on any atom is -0.507 e. The summed E-state index contributed by atoms with van der Waals surface area (Å²) in [5.74, 6) is -2.10. The average molecular weight is 277 g/mol. The van der Waals surface area contributed by atoms with Crippen LogP contribution in [0.25, 0.3) is 0 Å². The second kappa shape index (κ2) is 5.60. The zero-order chi connectivity index (χ0) is 14.7. The number of nitrogens with two attached hydrogens (primary N) is 1. The number of phenolic OH excluding ortho intramolecular Hbond substituents is 1. The van der Waals surface area contributed by atoms with Gasteiger partial charge in [-0.2, -0.15) is 0 Å². The maximum absolute atomic E-state index is 12.2. The molecule has 1 aliphatic rings. The molecule has 7 heteroatoms. The fourth-order valence-corrected chi connectivity index (χ4v) is 2.09. The minimum atomic E-state index is -0.995. The van der Waals surface area contributed by atoms with Gasteiger partial charge in [0.15, 0.2) is 0 Å². The van der Waals surface area contributed by atoms with Crippen molar-refractivity contribution in [2.45, 2.75) is 0 Å². The standard InChI is InChI=1S/C13H15N3O4/c14-11(18)13(20)16-7-5-15(6-8-16)12(19)9-3-1-2-4-10(9)17/h1-4,17H,5-8H2,(H2,14,18). The first-order chi connectivity index (χ1) is 9.50. The van der Waals surface area contributed by atoms with Crippen LogP contribution in [0, 0.1) is 0 Å². The van der Waals surface area contributed by atoms with Crippen molar-refractivity contribution in [3.05, 3.63) is 29.8 Å². The Balaban J connectivity index is 2.01. The Morgan fingerprint density at radius 1 is 1.00 bits per heavy atom. The minimum absolute atomic E-state index is 0.0758. The summed E-state index contributed by atoms with van der Waals surface area (Å²) >= 11 is 0. The maximum Gasteiger partial charge on any atom is 0.311 e. The van der Waals surface area contributed by atoms with E-state index in [1.807, 2.05) is 0 Å². The van der Waals surface area contributed by atoms with Crippen molar-refractivity contribution in [2.75, 3.05) is 26.2 Å². The Hall–Kier alpha value is -2.57. The van der Waals surface area contributed by atoms with Crippen molar-refractivity contribution in [3.8, 4) is 5.75 Å². The van der Waals surface area contributed by atoms with Crippen LogP contribution >= 0.6 is 0 Å². The predicted molar refractivity (Wildman–Crippen MR) is 69.8 cm³/mol. The molecule has 1 fully saturated rings. The molecule has 1 aromatic rings. The Labute approximate surface area is 115 Å². The first-order valence-electron chi connectivity index (χ1n) is 6.16. The van der Waals surface area contributed by atoms with Gasteiger partial charge in [-0.25, -0.2) is 0 Å². The molecule has 1 aromatic carbocycles. The van der Waals surface area contributed by atoms with Crippen molar-refractivity contribution < 1.29 is 19.5 Å². The molecule has 106 valence electrons. The van der Waals surface area contributed by atoms with Gasteiger partial charge in [-0.15, -0.1) is 0 Å². The highest BCUT2D eigenvalue weighted by atomic mass is 16.3. The molecule has 2 rings (SSSR count). The normalized spacial score (nSPS) is 15.0. The molecule has 7 nitrogen and oxygen atoms in total. The number of amides is 3. The van der Waals surface area contributed by atoms with Gasteiger partial charge >= 0.3 is 11.8 Å². The molecule has 3 N–H and O–H groups in total. The van der Waals surface area contributed by atoms with Crippen LogP contribution in [0.5, 0.6) is 5.75 Å². The van der Waals surface area contributed by atoms with Crippen molar-refractivity contribution in [1.29, 1.82) is 0 Å². The predicted octanol–water partition coefficient (Wildman–Crippen LogP) is -0.838. The molecular formula is C13H15N3O4. The Kier molecular flexibility index (Phi) is 3.88. The van der Waals surface area contributed by atoms with E-state index in [-0.39, 0.29) is 30.3 Å². The highest BCUT2D eigenvalue weighted by Gasteiger charge is 2.27. The fourth-order valence-electron chi connectivity index (χ4n) is 2.09. The van der Waals surface area contributed by atoms with Gasteiger partial charge in [-0.1, -0.05) is 12.1 Å². The van der Waals surface area contributed by atoms with E-state index in [4.69, 9.17) is 5.73 Å². The van der Waals surface area contributed by atoms with Gasteiger partial charge in [0.2, 0.25) is 0 Å². The summed E-state index contributed by atoms with van der Waals surface area (Å²) in [5, 5.41) is 9.65. The molecule has 20 heavy (non-hydrogen) atoms. The maximum atomic E-state index is 12.2. The molecule has 1 heterocycles. The molecule has 0 saturated carbocycles. The van der Waals surface area contributed by atoms with Crippen LogP contribution in [0.3, 0.4) is 0 Å². The van der Waals surface area contributed by atoms with Gasteiger partial charge in [0.25, 0.3) is 5.91 Å². The largest absolute Gasteiger partial charge is 0.507 e. The second-order valence-corrected chi connectivity index (χ2v) is 4.47. The van der Waals surface area contributed by atoms with E-state index in [2.05, 4.69) is 0 Å². The molecule has 0 spiro atoms. The molecule has 0 bridgehead atoms. The molecule has 1 saturated heterocycles. The summed E-state index contributed by atoms with van der Waals surface area (Å²) in [7, 11) is 0. The van der Waals surface area contributed by atoms with Gasteiger partial charge < -0.3 is 20.6 Å². The number of para-hydroxylation sites is 1. The number of rotatable bonds is 1. The van der Waals surface area contributed by atoms with Gasteiger partial charge in [0, 0.05) is 26.2 Å². The summed E-state index contributed by atoms with van der Waals surface area (Å²) in [5.41, 5.74) is 5.15. The summed E-state index contributed by atoms with van der Waals surface area (Å²) in [6, 6.07) is 6.29. The van der Waals surface area contributed by atoms with Crippen LogP contribution in [0.1, 0.15) is 10.4 Å². The number of benzene rings is 1. The van der Waals surface area contributed by atoms with E-state index in [9.17, 15) is 19.5 Å². The third kappa shape index (κ3) is 2.71. The van der Waals surface area contributed by atoms with Crippen LogP contribution in [0.15, 0.2) is 24.3 Å². The molecule has 1 aliphatic heterocycles. The van der Waals surface area contributed by atoms with Crippen molar-refractivity contribution >= 4 is 17.7 Å². The lowest BCUT2D eigenvalue weighted by Crippen LogP contribution is -2.53. The van der Waals surface area contributed by atoms with Crippen LogP contribution in [-0.4, -0.2) is 58.8 Å². The molecule has 0 radical (unpaired) electrons. The van der Waals surface area contributed by atoms with Crippen LogP contribution in [0.4, 0.5) is 0 Å². The number of phenols is 1. The molecular weight excluding hydrogens is 262 g/mol. The first-order valence-corrected chi connectivity index (χ1v) is 6.16. The number of nitrogens with zero attached hydrogens (tertiary/aromatic N) is 2. The van der Waals surface area contributed by atoms with Crippen LogP contribution in [0.2, 0.25) is 0 Å². The molecule has 0 atom stereocenters. The summed E-state index contributed by atoms with van der Waals surface area (Å²) in [6.45, 7) is 1.10. The number of primary amides is 1. The Morgan fingerprint density at radius 3 is 2.10 bits per heavy atom. The number of hydrogen-bond acceptors (Lipinski definition) is 4. The third-order valence-corrected chi connectivity index (χ3v) is 3.20. The van der Waals surface area contributed by atoms with E-state index < -0.39 is 11.8 Å². The van der Waals surface area contributed by atoms with Gasteiger partial charge in [-0.3, -0.25) is 14.4 Å². The lowest BCUT2D eigenvalue weighted by molar-refractivity contribution is -0.145. The lowest BCUT2D eigenvalue weighted by Gasteiger charge is -2.34. The fraction of sp³-hybridized carbons (Fsp3) is 0.308. The van der Waals surface area contributed by atoms with Crippen molar-refractivity contribution in [1.82, 2.24) is 9.80 Å². The Morgan fingerprint density at radius 2 is 1.55 bits per heavy atom. The van der Waals surface area contributed by atoms with E-state index in [0.717, 1.165) is 0 Å². The molecule has 0 unspecified atom stereocenters. The van der Waals surface area contributed by atoms with Crippen molar-refractivity contribution in [3.63, 3.8) is 0 Å². The number of hydrogen-bond donors (Lipinski definition) is 2. The van der Waals surface area contributed by atoms with E-state index in [1.165, 1.54) is 15.9 Å². The highest BCUT2D eigenvalue weighted by molar-refractivity contribution is 6.34. The molecule has 0 aliphatic carbocycles. The number of aromatic hydroxyl groups is 1. The summed E-state index contributed by atoms with van der Waals surface area (Å²) < 4.78 is 0. The Bertz CT molecular complexity index is 550. The van der Waals surface area contributed by atoms with Crippen molar-refractivity contribution in [2.24, 2.45) is 5.73 Å². The number of carbonyl (C=O) groups is 3. The highest BCUT2D eigenvalue weighted by Crippen LogP contribution is 2.18. The van der Waals surface area contributed by atoms with Gasteiger partial charge in [0.05, 0.1) is 5.56 Å². The number of piperazine rings is 1. The van der Waals surface area contributed by atoms with Gasteiger partial charge in [0.1, 0.15) is 5.75 Å². The third-order valence-electron chi connectivity index (χ3n) is 3.20. The second-order valence-electron chi connectivity index (χ2n) is 4.47. The SMILES string of the molecule is NC(=O)C(=O)N1CCN(C(=O)c2ccccc2O)CC1. The quantitative estimate of drug-likeness (QED) is 0.653. The average Bonchev–Trinajstić information content (AvgIpc) is 2.46. The van der Waals surface area contributed by atoms with Crippen LogP contribution in [-0.2, 0) is 9.59 Å². The summed E-state index contributed by atoms with van der Waals surface area (Å²) in [6.07, 6.45) is 0. The number of carbonyl (C=O) groups excluding carboxylic acids is 3. The van der Waals surface area contributed by atoms with Crippen LogP contribution < -0.4 is 5.73 Å². The summed E-state index contributed by atoms with van der Waals surface area (Å²) in [4.78, 5) is 37.2. The van der Waals surface area contributed by atoms with Gasteiger partial charge in [-0.05, 0) is 12.1 Å². The van der Waals surface area contributed by atoms with E-state index in [0.29, 0.717) is 13.1 Å². The first kappa shape index (κ1) is 13.9.